The van der Waals surface area contributed by atoms with Crippen molar-refractivity contribution in [3.8, 4) is 0 Å². The van der Waals surface area contributed by atoms with E-state index in [2.05, 4.69) is 110 Å². The van der Waals surface area contributed by atoms with Crippen molar-refractivity contribution in [2.45, 2.75) is 79.1 Å². The molecule has 3 rings (SSSR count). The largest absolute Gasteiger partial charge is 0.398 e. The van der Waals surface area contributed by atoms with Gasteiger partial charge in [-0.25, -0.2) is 0 Å². The quantitative estimate of drug-likeness (QED) is 0.412. The molecule has 0 heterocycles. The smallest absolute Gasteiger partial charge is 0.0379 e. The van der Waals surface area contributed by atoms with Gasteiger partial charge in [-0.1, -0.05) is 96.1 Å². The van der Waals surface area contributed by atoms with Gasteiger partial charge in [-0.15, -0.1) is 0 Å². The highest BCUT2D eigenvalue weighted by molar-refractivity contribution is 5.58. The third-order valence-corrected chi connectivity index (χ3v) is 7.37. The van der Waals surface area contributed by atoms with Crippen molar-refractivity contribution in [2.75, 3.05) is 5.73 Å². The fourth-order valence-electron chi connectivity index (χ4n) is 4.48. The second-order valence-corrected chi connectivity index (χ2v) is 10.0. The summed E-state index contributed by atoms with van der Waals surface area (Å²) in [6.07, 6.45) is 1.92. The Labute approximate surface area is 189 Å². The SMILES string of the molecule is CCc1cc(C(C)(C)c2cccc(C(C)(C)c3ccc(C)c(C)c3)c2)cc(CC)c1N. The van der Waals surface area contributed by atoms with E-state index in [0.717, 1.165) is 18.5 Å². The van der Waals surface area contributed by atoms with Gasteiger partial charge < -0.3 is 5.73 Å². The summed E-state index contributed by atoms with van der Waals surface area (Å²) in [5.41, 5.74) is 17.8. The summed E-state index contributed by atoms with van der Waals surface area (Å²) < 4.78 is 0. The lowest BCUT2D eigenvalue weighted by atomic mass is 9.72. The molecule has 0 aliphatic rings. The van der Waals surface area contributed by atoms with E-state index >= 15 is 0 Å². The van der Waals surface area contributed by atoms with E-state index in [1.165, 1.54) is 44.5 Å². The number of hydrogen-bond donors (Lipinski definition) is 1. The van der Waals surface area contributed by atoms with Gasteiger partial charge >= 0.3 is 0 Å². The first-order valence-electron chi connectivity index (χ1n) is 11.6. The Morgan fingerprint density at radius 3 is 1.58 bits per heavy atom. The van der Waals surface area contributed by atoms with Gasteiger partial charge in [0.2, 0.25) is 0 Å². The van der Waals surface area contributed by atoms with Gasteiger partial charge in [0.25, 0.3) is 0 Å². The minimum Gasteiger partial charge on any atom is -0.398 e. The van der Waals surface area contributed by atoms with Crippen molar-refractivity contribution >= 4 is 5.69 Å². The highest BCUT2D eigenvalue weighted by atomic mass is 14.6. The molecule has 0 aliphatic carbocycles. The third-order valence-electron chi connectivity index (χ3n) is 7.37. The molecule has 164 valence electrons. The van der Waals surface area contributed by atoms with Crippen molar-refractivity contribution in [1.82, 2.24) is 0 Å². The molecule has 1 nitrogen and oxygen atoms in total. The zero-order valence-corrected chi connectivity index (χ0v) is 20.7. The minimum atomic E-state index is -0.100. The first-order valence-corrected chi connectivity index (χ1v) is 11.6. The molecule has 0 bridgehead atoms. The summed E-state index contributed by atoms with van der Waals surface area (Å²) in [6, 6.07) is 20.7. The summed E-state index contributed by atoms with van der Waals surface area (Å²) in [7, 11) is 0. The molecule has 0 saturated carbocycles. The van der Waals surface area contributed by atoms with Crippen LogP contribution in [0.15, 0.2) is 54.6 Å². The molecule has 2 N–H and O–H groups in total. The number of hydrogen-bond acceptors (Lipinski definition) is 1. The average molecular weight is 414 g/mol. The molecule has 0 aromatic heterocycles. The van der Waals surface area contributed by atoms with Gasteiger partial charge in [0.05, 0.1) is 0 Å². The maximum Gasteiger partial charge on any atom is 0.0379 e. The van der Waals surface area contributed by atoms with Crippen LogP contribution in [0.4, 0.5) is 5.69 Å². The molecule has 3 aromatic rings. The van der Waals surface area contributed by atoms with Crippen LogP contribution >= 0.6 is 0 Å². The summed E-state index contributed by atoms with van der Waals surface area (Å²) in [5.74, 6) is 0. The van der Waals surface area contributed by atoms with Crippen molar-refractivity contribution in [1.29, 1.82) is 0 Å². The van der Waals surface area contributed by atoms with Crippen LogP contribution < -0.4 is 5.73 Å². The fourth-order valence-corrected chi connectivity index (χ4v) is 4.48. The highest BCUT2D eigenvalue weighted by Crippen LogP contribution is 2.38. The summed E-state index contributed by atoms with van der Waals surface area (Å²) in [4.78, 5) is 0. The predicted molar refractivity (Wildman–Crippen MR) is 136 cm³/mol. The Balaban J connectivity index is 2.09. The van der Waals surface area contributed by atoms with E-state index in [4.69, 9.17) is 5.73 Å². The Hall–Kier alpha value is -2.54. The molecular formula is C30H39N. The van der Waals surface area contributed by atoms with Crippen molar-refractivity contribution in [3.63, 3.8) is 0 Å². The molecular weight excluding hydrogens is 374 g/mol. The molecule has 0 saturated heterocycles. The lowest BCUT2D eigenvalue weighted by molar-refractivity contribution is 0.616. The molecule has 0 radical (unpaired) electrons. The van der Waals surface area contributed by atoms with Crippen LogP contribution in [0.3, 0.4) is 0 Å². The van der Waals surface area contributed by atoms with Gasteiger partial charge in [0.15, 0.2) is 0 Å². The van der Waals surface area contributed by atoms with E-state index < -0.39 is 0 Å². The topological polar surface area (TPSA) is 26.0 Å². The normalized spacial score (nSPS) is 12.3. The molecule has 0 atom stereocenters. The number of rotatable bonds is 6. The van der Waals surface area contributed by atoms with Crippen LogP contribution in [0.1, 0.15) is 86.1 Å². The lowest BCUT2D eigenvalue weighted by Crippen LogP contribution is -2.23. The van der Waals surface area contributed by atoms with Gasteiger partial charge in [0.1, 0.15) is 0 Å². The lowest BCUT2D eigenvalue weighted by Gasteiger charge is -2.32. The van der Waals surface area contributed by atoms with Crippen molar-refractivity contribution in [2.24, 2.45) is 0 Å². The van der Waals surface area contributed by atoms with E-state index in [-0.39, 0.29) is 10.8 Å². The predicted octanol–water partition coefficient (Wildman–Crippen LogP) is 7.66. The highest BCUT2D eigenvalue weighted by Gasteiger charge is 2.28. The zero-order chi connectivity index (χ0) is 23.0. The molecule has 0 spiro atoms. The Kier molecular flexibility index (Phi) is 6.37. The van der Waals surface area contributed by atoms with Gasteiger partial charge in [-0.05, 0) is 71.2 Å². The second kappa shape index (κ2) is 8.54. The fraction of sp³-hybridized carbons (Fsp3) is 0.400. The third kappa shape index (κ3) is 4.28. The van der Waals surface area contributed by atoms with Gasteiger partial charge in [0, 0.05) is 16.5 Å². The summed E-state index contributed by atoms with van der Waals surface area (Å²) >= 11 is 0. The van der Waals surface area contributed by atoms with Gasteiger partial charge in [-0.3, -0.25) is 0 Å². The Bertz CT molecular complexity index is 1060. The van der Waals surface area contributed by atoms with Crippen LogP contribution in [0, 0.1) is 13.8 Å². The first kappa shape index (κ1) is 23.1. The van der Waals surface area contributed by atoms with Gasteiger partial charge in [-0.2, -0.15) is 0 Å². The number of nitrogens with two attached hydrogens (primary N) is 1. The van der Waals surface area contributed by atoms with E-state index in [1.807, 2.05) is 0 Å². The van der Waals surface area contributed by atoms with Crippen molar-refractivity contribution in [3.05, 3.63) is 99.1 Å². The Morgan fingerprint density at radius 2 is 1.10 bits per heavy atom. The summed E-state index contributed by atoms with van der Waals surface area (Å²) in [6.45, 7) is 18.1. The number of benzene rings is 3. The first-order chi connectivity index (χ1) is 14.5. The van der Waals surface area contributed by atoms with Crippen molar-refractivity contribution < 1.29 is 0 Å². The average Bonchev–Trinajstić information content (AvgIpc) is 2.75. The summed E-state index contributed by atoms with van der Waals surface area (Å²) in [5, 5.41) is 0. The van der Waals surface area contributed by atoms with Crippen LogP contribution in [0.2, 0.25) is 0 Å². The Morgan fingerprint density at radius 1 is 0.613 bits per heavy atom. The molecule has 3 aromatic carbocycles. The number of anilines is 1. The molecule has 0 fully saturated rings. The number of nitrogen functional groups attached to an aromatic ring is 1. The van der Waals surface area contributed by atoms with E-state index in [9.17, 15) is 0 Å². The van der Waals surface area contributed by atoms with Crippen LogP contribution in [-0.4, -0.2) is 0 Å². The van der Waals surface area contributed by atoms with E-state index in [1.54, 1.807) is 0 Å². The monoisotopic (exact) mass is 413 g/mol. The molecule has 31 heavy (non-hydrogen) atoms. The minimum absolute atomic E-state index is 0.0607. The molecule has 0 unspecified atom stereocenters. The zero-order valence-electron chi connectivity index (χ0n) is 20.7. The molecule has 1 heteroatoms. The maximum atomic E-state index is 6.42. The molecule has 0 amide bonds. The molecule has 0 aliphatic heterocycles. The van der Waals surface area contributed by atoms with Crippen LogP contribution in [-0.2, 0) is 23.7 Å². The standard InChI is InChI=1S/C30H39N/c1-9-22-17-27(18-23(10-2)28(22)31)30(7,8)25-13-11-12-24(19-25)29(5,6)26-15-14-20(3)21(4)16-26/h11-19H,9-10,31H2,1-8H3. The maximum absolute atomic E-state index is 6.42. The van der Waals surface area contributed by atoms with Crippen LogP contribution in [0.5, 0.6) is 0 Å². The van der Waals surface area contributed by atoms with E-state index in [0.29, 0.717) is 0 Å². The van der Waals surface area contributed by atoms with Crippen LogP contribution in [0.25, 0.3) is 0 Å². The number of aryl methyl sites for hydroxylation is 4. The second-order valence-electron chi connectivity index (χ2n) is 10.0.